The van der Waals surface area contributed by atoms with E-state index in [1.54, 1.807) is 29.2 Å². The summed E-state index contributed by atoms with van der Waals surface area (Å²) in [6.45, 7) is 0. The molecule has 3 aromatic rings. The van der Waals surface area contributed by atoms with Crippen molar-refractivity contribution < 1.29 is 23.9 Å². The number of methoxy groups -OCH3 is 2. The molecule has 0 aromatic heterocycles. The van der Waals surface area contributed by atoms with Crippen molar-refractivity contribution in [3.8, 4) is 0 Å². The molecule has 0 bridgehead atoms. The fourth-order valence-corrected chi connectivity index (χ4v) is 5.47. The number of carbonyl (C=O) groups is 3. The highest BCUT2D eigenvalue weighted by atomic mass is 32.1. The molecule has 0 aliphatic carbocycles. The van der Waals surface area contributed by atoms with Crippen LogP contribution in [0.1, 0.15) is 33.9 Å². The van der Waals surface area contributed by atoms with Gasteiger partial charge in [0.2, 0.25) is 0 Å². The first-order valence-corrected chi connectivity index (χ1v) is 12.3. The van der Waals surface area contributed by atoms with E-state index in [9.17, 15) is 14.4 Å². The summed E-state index contributed by atoms with van der Waals surface area (Å²) >= 11 is 5.81. The first kappa shape index (κ1) is 26.0. The van der Waals surface area contributed by atoms with Crippen LogP contribution in [0.15, 0.2) is 91.0 Å². The first-order valence-electron chi connectivity index (χ1n) is 11.9. The Morgan fingerprint density at radius 3 is 2.03 bits per heavy atom. The summed E-state index contributed by atoms with van der Waals surface area (Å²) in [5.41, 5.74) is 0.647. The number of thiocarbonyl (C=S) groups is 1. The quantitative estimate of drug-likeness (QED) is 0.390. The number of ether oxygens (including phenoxy) is 2. The Hall–Kier alpha value is -4.04. The monoisotopic (exact) mass is 516 g/mol. The molecule has 0 radical (unpaired) electrons. The summed E-state index contributed by atoms with van der Waals surface area (Å²) < 4.78 is 10.5. The molecule has 1 aliphatic heterocycles. The van der Waals surface area contributed by atoms with Gasteiger partial charge in [-0.1, -0.05) is 78.9 Å². The number of nitrogens with zero attached hydrogens (tertiary/aromatic N) is 1. The van der Waals surface area contributed by atoms with Crippen molar-refractivity contribution in [2.45, 2.75) is 24.4 Å². The molecular formula is C29H28N2O5S. The lowest BCUT2D eigenvalue weighted by atomic mass is 9.84. The summed E-state index contributed by atoms with van der Waals surface area (Å²) in [5, 5.41) is 2.82. The second kappa shape index (κ2) is 11.3. The minimum absolute atomic E-state index is 0.0236. The Morgan fingerprint density at radius 1 is 0.892 bits per heavy atom. The molecule has 1 aliphatic rings. The van der Waals surface area contributed by atoms with Crippen molar-refractivity contribution >= 4 is 35.2 Å². The number of benzene rings is 3. The van der Waals surface area contributed by atoms with Crippen molar-refractivity contribution in [2.75, 3.05) is 14.2 Å². The lowest BCUT2D eigenvalue weighted by molar-refractivity contribution is -0.152. The number of hydrogen-bond acceptors (Lipinski definition) is 6. The van der Waals surface area contributed by atoms with Gasteiger partial charge in [-0.25, -0.2) is 4.79 Å². The average molecular weight is 517 g/mol. The number of amides is 1. The van der Waals surface area contributed by atoms with Gasteiger partial charge in [0, 0.05) is 12.0 Å². The second-order valence-electron chi connectivity index (χ2n) is 8.87. The number of carbonyl (C=O) groups excluding carboxylic acids is 3. The van der Waals surface area contributed by atoms with Gasteiger partial charge in [0.25, 0.3) is 5.91 Å². The highest BCUT2D eigenvalue weighted by Gasteiger charge is 2.60. The maximum absolute atomic E-state index is 13.7. The molecule has 8 heteroatoms. The van der Waals surface area contributed by atoms with Crippen LogP contribution in [0.3, 0.4) is 0 Å². The van der Waals surface area contributed by atoms with Crippen LogP contribution < -0.4 is 5.32 Å². The third-order valence-corrected chi connectivity index (χ3v) is 7.00. The van der Waals surface area contributed by atoms with Crippen LogP contribution in [-0.2, 0) is 25.5 Å². The van der Waals surface area contributed by atoms with Crippen molar-refractivity contribution in [2.24, 2.45) is 5.92 Å². The molecule has 3 aromatic carbocycles. The van der Waals surface area contributed by atoms with Crippen molar-refractivity contribution in [1.29, 1.82) is 0 Å². The maximum atomic E-state index is 13.7. The molecule has 1 heterocycles. The fraction of sp³-hybridized carbons (Fsp3) is 0.241. The molecule has 0 spiro atoms. The zero-order valence-electron chi connectivity index (χ0n) is 20.6. The maximum Gasteiger partial charge on any atom is 0.332 e. The predicted octanol–water partition coefficient (Wildman–Crippen LogP) is 4.09. The van der Waals surface area contributed by atoms with E-state index >= 15 is 0 Å². The summed E-state index contributed by atoms with van der Waals surface area (Å²) in [6, 6.07) is 26.7. The largest absolute Gasteiger partial charge is 0.469 e. The Balaban J connectivity index is 1.86. The van der Waals surface area contributed by atoms with Crippen LogP contribution in [0.5, 0.6) is 0 Å². The minimum atomic E-state index is -1.38. The SMILES string of the molecule is COC(=O)[C@H]1C[C@@](Cc2ccccc2)(C(=O)OC)N(C(=S)NC(=O)c2ccccc2)[C@H]1c1ccccc1. The van der Waals surface area contributed by atoms with Crippen LogP contribution in [0.2, 0.25) is 0 Å². The summed E-state index contributed by atoms with van der Waals surface area (Å²) in [5.74, 6) is -2.20. The van der Waals surface area contributed by atoms with Gasteiger partial charge in [0.15, 0.2) is 5.11 Å². The minimum Gasteiger partial charge on any atom is -0.469 e. The van der Waals surface area contributed by atoms with Gasteiger partial charge in [-0.15, -0.1) is 0 Å². The molecule has 0 unspecified atom stereocenters. The van der Waals surface area contributed by atoms with Gasteiger partial charge < -0.3 is 14.4 Å². The smallest absolute Gasteiger partial charge is 0.332 e. The topological polar surface area (TPSA) is 84.9 Å². The van der Waals surface area contributed by atoms with Crippen molar-refractivity contribution in [3.63, 3.8) is 0 Å². The average Bonchev–Trinajstić information content (AvgIpc) is 3.29. The highest BCUT2D eigenvalue weighted by Crippen LogP contribution is 2.49. The molecule has 1 fully saturated rings. The number of esters is 2. The standard InChI is InChI=1S/C29H28N2O5S/c1-35-26(33)23-19-29(27(34)36-2,18-20-12-6-3-7-13-20)31(24(23)21-14-8-4-9-15-21)28(37)30-25(32)22-16-10-5-11-17-22/h3-17,23-24H,18-19H2,1-2H3,(H,30,32,37)/t23-,24-,29-/m0/s1. The lowest BCUT2D eigenvalue weighted by Crippen LogP contribution is -2.58. The zero-order chi connectivity index (χ0) is 26.4. The van der Waals surface area contributed by atoms with Gasteiger partial charge in [-0.3, -0.25) is 14.9 Å². The third-order valence-electron chi connectivity index (χ3n) is 6.70. The van der Waals surface area contributed by atoms with E-state index in [1.165, 1.54) is 14.2 Å². The van der Waals surface area contributed by atoms with Gasteiger partial charge >= 0.3 is 11.9 Å². The predicted molar refractivity (Wildman–Crippen MR) is 143 cm³/mol. The second-order valence-corrected chi connectivity index (χ2v) is 9.26. The van der Waals surface area contributed by atoms with Crippen LogP contribution >= 0.6 is 12.2 Å². The first-order chi connectivity index (χ1) is 17.9. The Morgan fingerprint density at radius 2 is 1.46 bits per heavy atom. The van der Waals surface area contributed by atoms with E-state index in [-0.39, 0.29) is 18.0 Å². The van der Waals surface area contributed by atoms with Gasteiger partial charge in [-0.2, -0.15) is 0 Å². The van der Waals surface area contributed by atoms with Crippen LogP contribution in [-0.4, -0.2) is 47.6 Å². The van der Waals surface area contributed by atoms with E-state index in [0.29, 0.717) is 5.56 Å². The summed E-state index contributed by atoms with van der Waals surface area (Å²) in [7, 11) is 2.63. The van der Waals surface area contributed by atoms with Crippen molar-refractivity contribution in [1.82, 2.24) is 10.2 Å². The van der Waals surface area contributed by atoms with Gasteiger partial charge in [0.1, 0.15) is 5.54 Å². The molecule has 1 amide bonds. The summed E-state index contributed by atoms with van der Waals surface area (Å²) in [6.07, 6.45) is 0.292. The molecular weight excluding hydrogens is 488 g/mol. The van der Waals surface area contributed by atoms with Crippen molar-refractivity contribution in [3.05, 3.63) is 108 Å². The zero-order valence-corrected chi connectivity index (χ0v) is 21.4. The van der Waals surface area contributed by atoms with E-state index in [1.807, 2.05) is 66.7 Å². The number of likely N-dealkylation sites (tertiary alicyclic amines) is 1. The molecule has 190 valence electrons. The summed E-state index contributed by atoms with van der Waals surface area (Å²) in [4.78, 5) is 41.6. The third kappa shape index (κ3) is 5.24. The number of nitrogens with one attached hydrogen (secondary N) is 1. The molecule has 4 rings (SSSR count). The lowest BCUT2D eigenvalue weighted by Gasteiger charge is -2.40. The van der Waals surface area contributed by atoms with Crippen LogP contribution in [0.4, 0.5) is 0 Å². The molecule has 1 N–H and O–H groups in total. The van der Waals surface area contributed by atoms with Gasteiger partial charge in [-0.05, 0) is 41.9 Å². The normalized spacial score (nSPS) is 20.6. The molecule has 1 saturated heterocycles. The van der Waals surface area contributed by atoms with E-state index in [4.69, 9.17) is 21.7 Å². The number of hydrogen-bond donors (Lipinski definition) is 1. The number of rotatable bonds is 6. The van der Waals surface area contributed by atoms with E-state index < -0.39 is 35.3 Å². The molecule has 0 saturated carbocycles. The van der Waals surface area contributed by atoms with Gasteiger partial charge in [0.05, 0.1) is 26.2 Å². The van der Waals surface area contributed by atoms with Crippen LogP contribution in [0, 0.1) is 5.92 Å². The Bertz CT molecular complexity index is 1270. The Kier molecular flexibility index (Phi) is 7.98. The van der Waals surface area contributed by atoms with E-state index in [0.717, 1.165) is 11.1 Å². The van der Waals surface area contributed by atoms with Crippen LogP contribution in [0.25, 0.3) is 0 Å². The highest BCUT2D eigenvalue weighted by molar-refractivity contribution is 7.80. The molecule has 37 heavy (non-hydrogen) atoms. The fourth-order valence-electron chi connectivity index (χ4n) is 5.09. The molecule has 7 nitrogen and oxygen atoms in total. The molecule has 3 atom stereocenters. The van der Waals surface area contributed by atoms with E-state index in [2.05, 4.69) is 5.32 Å². The Labute approximate surface area is 221 Å².